The summed E-state index contributed by atoms with van der Waals surface area (Å²) in [5.41, 5.74) is 0. The Kier molecular flexibility index (Phi) is 4.63. The third-order valence-electron chi connectivity index (χ3n) is 2.21. The van der Waals surface area contributed by atoms with Crippen LogP contribution in [0, 0.1) is 3.57 Å². The van der Waals surface area contributed by atoms with Crippen molar-refractivity contribution in [3.05, 3.63) is 52.0 Å². The van der Waals surface area contributed by atoms with Gasteiger partial charge in [0.25, 0.3) is 5.91 Å². The largest absolute Gasteiger partial charge is 0.484 e. The van der Waals surface area contributed by atoms with Crippen LogP contribution in [-0.2, 0) is 11.3 Å². The van der Waals surface area contributed by atoms with Crippen molar-refractivity contribution in [2.45, 2.75) is 6.54 Å². The zero-order chi connectivity index (χ0) is 12.8. The fraction of sp³-hybridized carbons (Fsp3) is 0.154. The van der Waals surface area contributed by atoms with Crippen LogP contribution in [0.2, 0.25) is 0 Å². The molecule has 0 radical (unpaired) electrons. The molecular formula is C13H12INO3. The number of hydrogen-bond acceptors (Lipinski definition) is 3. The molecule has 1 aromatic heterocycles. The highest BCUT2D eigenvalue weighted by Gasteiger charge is 2.04. The standard InChI is InChI=1S/C13H12INO3/c14-10-3-1-4-11(7-10)18-9-13(16)15-8-12-5-2-6-17-12/h1-7H,8-9H2,(H,15,16). The average molecular weight is 357 g/mol. The first kappa shape index (κ1) is 12.9. The highest BCUT2D eigenvalue weighted by Crippen LogP contribution is 2.14. The van der Waals surface area contributed by atoms with E-state index in [9.17, 15) is 4.79 Å². The van der Waals surface area contributed by atoms with Crippen molar-refractivity contribution in [3.63, 3.8) is 0 Å². The van der Waals surface area contributed by atoms with Crippen LogP contribution in [-0.4, -0.2) is 12.5 Å². The van der Waals surface area contributed by atoms with E-state index in [4.69, 9.17) is 9.15 Å². The van der Waals surface area contributed by atoms with Crippen molar-refractivity contribution in [1.29, 1.82) is 0 Å². The summed E-state index contributed by atoms with van der Waals surface area (Å²) < 4.78 is 11.5. The number of halogens is 1. The zero-order valence-electron chi connectivity index (χ0n) is 9.56. The second kappa shape index (κ2) is 6.44. The van der Waals surface area contributed by atoms with Gasteiger partial charge in [-0.25, -0.2) is 0 Å². The van der Waals surface area contributed by atoms with Crippen LogP contribution >= 0.6 is 22.6 Å². The molecule has 1 heterocycles. The van der Waals surface area contributed by atoms with Crippen LogP contribution in [0.4, 0.5) is 0 Å². The number of furan rings is 1. The van der Waals surface area contributed by atoms with Gasteiger partial charge in [0, 0.05) is 3.57 Å². The van der Waals surface area contributed by atoms with Gasteiger partial charge in [0.1, 0.15) is 11.5 Å². The Hall–Kier alpha value is -1.50. The van der Waals surface area contributed by atoms with Gasteiger partial charge in [-0.05, 0) is 52.9 Å². The van der Waals surface area contributed by atoms with Gasteiger partial charge in [-0.3, -0.25) is 4.79 Å². The first-order valence-electron chi connectivity index (χ1n) is 5.41. The number of benzene rings is 1. The second-order valence-electron chi connectivity index (χ2n) is 3.60. The lowest BCUT2D eigenvalue weighted by molar-refractivity contribution is -0.123. The molecule has 94 valence electrons. The van der Waals surface area contributed by atoms with E-state index in [1.54, 1.807) is 18.4 Å². The molecule has 0 saturated heterocycles. The van der Waals surface area contributed by atoms with Crippen LogP contribution in [0.15, 0.2) is 47.1 Å². The maximum atomic E-state index is 11.5. The summed E-state index contributed by atoms with van der Waals surface area (Å²) in [5, 5.41) is 2.71. The average Bonchev–Trinajstić information content (AvgIpc) is 2.87. The minimum absolute atomic E-state index is 0.000796. The Morgan fingerprint density at radius 1 is 1.33 bits per heavy atom. The predicted molar refractivity (Wildman–Crippen MR) is 75.2 cm³/mol. The fourth-order valence-electron chi connectivity index (χ4n) is 1.36. The van der Waals surface area contributed by atoms with Crippen molar-refractivity contribution in [2.75, 3.05) is 6.61 Å². The Labute approximate surface area is 118 Å². The summed E-state index contributed by atoms with van der Waals surface area (Å²) in [6.45, 7) is 0.377. The molecule has 0 saturated carbocycles. The van der Waals surface area contributed by atoms with Crippen LogP contribution in [0.5, 0.6) is 5.75 Å². The van der Waals surface area contributed by atoms with Gasteiger partial charge < -0.3 is 14.5 Å². The molecule has 0 atom stereocenters. The Balaban J connectivity index is 1.75. The maximum absolute atomic E-state index is 11.5. The number of rotatable bonds is 5. The molecule has 18 heavy (non-hydrogen) atoms. The first-order chi connectivity index (χ1) is 8.74. The molecular weight excluding hydrogens is 345 g/mol. The monoisotopic (exact) mass is 357 g/mol. The van der Waals surface area contributed by atoms with E-state index in [0.29, 0.717) is 12.3 Å². The van der Waals surface area contributed by atoms with Gasteiger partial charge in [0.15, 0.2) is 6.61 Å². The van der Waals surface area contributed by atoms with E-state index in [1.165, 1.54) is 0 Å². The number of nitrogens with one attached hydrogen (secondary N) is 1. The second-order valence-corrected chi connectivity index (χ2v) is 4.85. The molecule has 0 aliphatic carbocycles. The van der Waals surface area contributed by atoms with Crippen molar-refractivity contribution >= 4 is 28.5 Å². The third-order valence-corrected chi connectivity index (χ3v) is 2.88. The van der Waals surface area contributed by atoms with Gasteiger partial charge in [-0.2, -0.15) is 0 Å². The van der Waals surface area contributed by atoms with Crippen LogP contribution in [0.3, 0.4) is 0 Å². The Morgan fingerprint density at radius 2 is 2.22 bits per heavy atom. The molecule has 1 amide bonds. The Morgan fingerprint density at radius 3 is 2.94 bits per heavy atom. The Bertz CT molecular complexity index is 511. The molecule has 0 bridgehead atoms. The smallest absolute Gasteiger partial charge is 0.258 e. The summed E-state index contributed by atoms with van der Waals surface area (Å²) in [5.74, 6) is 1.23. The molecule has 0 aliphatic rings. The van der Waals surface area contributed by atoms with E-state index >= 15 is 0 Å². The van der Waals surface area contributed by atoms with Gasteiger partial charge in [-0.1, -0.05) is 6.07 Å². The lowest BCUT2D eigenvalue weighted by Gasteiger charge is -2.06. The summed E-state index contributed by atoms with van der Waals surface area (Å²) in [6.07, 6.45) is 1.57. The summed E-state index contributed by atoms with van der Waals surface area (Å²) in [4.78, 5) is 11.5. The highest BCUT2D eigenvalue weighted by molar-refractivity contribution is 14.1. The van der Waals surface area contributed by atoms with E-state index in [0.717, 1.165) is 9.33 Å². The minimum Gasteiger partial charge on any atom is -0.484 e. The summed E-state index contributed by atoms with van der Waals surface area (Å²) in [7, 11) is 0. The lowest BCUT2D eigenvalue weighted by atomic mass is 10.3. The molecule has 1 aromatic carbocycles. The summed E-state index contributed by atoms with van der Waals surface area (Å²) >= 11 is 2.19. The minimum atomic E-state index is -0.176. The molecule has 0 unspecified atom stereocenters. The normalized spacial score (nSPS) is 10.1. The molecule has 2 aromatic rings. The van der Waals surface area contributed by atoms with Crippen LogP contribution in [0.1, 0.15) is 5.76 Å². The van der Waals surface area contributed by atoms with Gasteiger partial charge in [-0.15, -0.1) is 0 Å². The quantitative estimate of drug-likeness (QED) is 0.837. The first-order valence-corrected chi connectivity index (χ1v) is 6.49. The predicted octanol–water partition coefficient (Wildman–Crippen LogP) is 2.58. The summed E-state index contributed by atoms with van der Waals surface area (Å²) in [6, 6.07) is 11.1. The van der Waals surface area contributed by atoms with Crippen molar-refractivity contribution < 1.29 is 13.9 Å². The molecule has 0 fully saturated rings. The highest BCUT2D eigenvalue weighted by atomic mass is 127. The van der Waals surface area contributed by atoms with Gasteiger partial charge in [0.2, 0.25) is 0 Å². The molecule has 2 rings (SSSR count). The fourth-order valence-corrected chi connectivity index (χ4v) is 1.87. The number of amides is 1. The molecule has 5 heteroatoms. The topological polar surface area (TPSA) is 51.5 Å². The van der Waals surface area contributed by atoms with Crippen molar-refractivity contribution in [3.8, 4) is 5.75 Å². The maximum Gasteiger partial charge on any atom is 0.258 e. The van der Waals surface area contributed by atoms with Crippen molar-refractivity contribution in [1.82, 2.24) is 5.32 Å². The van der Waals surface area contributed by atoms with E-state index in [-0.39, 0.29) is 12.5 Å². The van der Waals surface area contributed by atoms with Gasteiger partial charge >= 0.3 is 0 Å². The van der Waals surface area contributed by atoms with Gasteiger partial charge in [0.05, 0.1) is 12.8 Å². The van der Waals surface area contributed by atoms with E-state index in [2.05, 4.69) is 27.9 Å². The van der Waals surface area contributed by atoms with E-state index < -0.39 is 0 Å². The zero-order valence-corrected chi connectivity index (χ0v) is 11.7. The number of hydrogen-bond donors (Lipinski definition) is 1. The molecule has 0 aliphatic heterocycles. The van der Waals surface area contributed by atoms with E-state index in [1.807, 2.05) is 24.3 Å². The molecule has 4 nitrogen and oxygen atoms in total. The number of carbonyl (C=O) groups excluding carboxylic acids is 1. The van der Waals surface area contributed by atoms with Crippen LogP contribution in [0.25, 0.3) is 0 Å². The third kappa shape index (κ3) is 4.06. The molecule has 0 spiro atoms. The number of ether oxygens (including phenoxy) is 1. The van der Waals surface area contributed by atoms with Crippen molar-refractivity contribution in [2.24, 2.45) is 0 Å². The van der Waals surface area contributed by atoms with Crippen LogP contribution < -0.4 is 10.1 Å². The lowest BCUT2D eigenvalue weighted by Crippen LogP contribution is -2.28. The number of carbonyl (C=O) groups is 1. The SMILES string of the molecule is O=C(COc1cccc(I)c1)NCc1ccco1. The molecule has 1 N–H and O–H groups in total.